The van der Waals surface area contributed by atoms with E-state index in [0.717, 1.165) is 24.2 Å². The Labute approximate surface area is 157 Å². The predicted octanol–water partition coefficient (Wildman–Crippen LogP) is 4.34. The highest BCUT2D eigenvalue weighted by atomic mass is 28.5. The molecule has 0 aromatic heterocycles. The van der Waals surface area contributed by atoms with Crippen LogP contribution in [0.1, 0.15) is 27.7 Å². The van der Waals surface area contributed by atoms with Crippen LogP contribution in [0.4, 0.5) is 0 Å². The topological polar surface area (TPSA) is 18.5 Å². The Hall–Kier alpha value is -0.989. The molecule has 2 aromatic rings. The van der Waals surface area contributed by atoms with Crippen LogP contribution in [0.15, 0.2) is 60.7 Å². The highest BCUT2D eigenvalue weighted by Crippen LogP contribution is 2.18. The van der Waals surface area contributed by atoms with E-state index in [1.807, 2.05) is 0 Å². The largest absolute Gasteiger partial charge is 0.429 e. The second-order valence-corrected chi connectivity index (χ2v) is 15.0. The van der Waals surface area contributed by atoms with Crippen LogP contribution in [0.3, 0.4) is 0 Å². The van der Waals surface area contributed by atoms with E-state index in [-0.39, 0.29) is 0 Å². The molecule has 0 amide bonds. The van der Waals surface area contributed by atoms with Gasteiger partial charge in [0.25, 0.3) is 0 Å². The van der Waals surface area contributed by atoms with Crippen LogP contribution in [0.2, 0.25) is 24.2 Å². The van der Waals surface area contributed by atoms with Gasteiger partial charge < -0.3 is 8.23 Å². The van der Waals surface area contributed by atoms with Gasteiger partial charge in [0.05, 0.1) is 0 Å². The van der Waals surface area contributed by atoms with Gasteiger partial charge in [-0.05, 0) is 34.5 Å². The van der Waals surface area contributed by atoms with Gasteiger partial charge in [-0.25, -0.2) is 0 Å². The second kappa shape index (κ2) is 10.2. The molecule has 134 valence electrons. The van der Waals surface area contributed by atoms with Crippen LogP contribution in [-0.4, -0.2) is 26.6 Å². The van der Waals surface area contributed by atoms with Crippen molar-refractivity contribution < 1.29 is 8.23 Å². The minimum Gasteiger partial charge on any atom is -0.429 e. The molecule has 0 aliphatic heterocycles. The molecule has 25 heavy (non-hydrogen) atoms. The van der Waals surface area contributed by atoms with Crippen molar-refractivity contribution in [1.29, 1.82) is 0 Å². The monoisotopic (exact) mass is 386 g/mol. The smallest absolute Gasteiger partial charge is 0.386 e. The lowest BCUT2D eigenvalue weighted by Crippen LogP contribution is -2.67. The molecule has 0 N–H and O–H groups in total. The van der Waals surface area contributed by atoms with Crippen molar-refractivity contribution in [3.8, 4) is 0 Å². The Balaban J connectivity index is 2.59. The second-order valence-electron chi connectivity index (χ2n) is 6.04. The molecule has 0 heterocycles. The molecule has 2 aromatic carbocycles. The van der Waals surface area contributed by atoms with E-state index >= 15 is 0 Å². The molecule has 0 fully saturated rings. The summed E-state index contributed by atoms with van der Waals surface area (Å²) in [5.41, 5.74) is 0. The standard InChI is InChI=1S/C20H30O2Si3/c1-5-23(6-2)21-25(22-24(7-3)8-4,19-15-11-9-12-16-19)20-17-13-10-14-18-20/h9-18H,5-8H2,1-4H3. The van der Waals surface area contributed by atoms with Gasteiger partial charge in [0.1, 0.15) is 0 Å². The van der Waals surface area contributed by atoms with Crippen molar-refractivity contribution in [2.45, 2.75) is 51.9 Å². The summed E-state index contributed by atoms with van der Waals surface area (Å²) in [4.78, 5) is 0. The third-order valence-corrected chi connectivity index (χ3v) is 14.4. The summed E-state index contributed by atoms with van der Waals surface area (Å²) in [5, 5.41) is 2.49. The zero-order valence-electron chi connectivity index (χ0n) is 15.9. The summed E-state index contributed by atoms with van der Waals surface area (Å²) in [7, 11) is -4.43. The molecule has 0 aliphatic rings. The maximum atomic E-state index is 6.99. The third-order valence-electron chi connectivity index (χ3n) is 4.46. The van der Waals surface area contributed by atoms with E-state index in [1.54, 1.807) is 0 Å². The molecular weight excluding hydrogens is 356 g/mol. The van der Waals surface area contributed by atoms with Crippen LogP contribution < -0.4 is 10.4 Å². The lowest BCUT2D eigenvalue weighted by atomic mass is 10.4. The summed E-state index contributed by atoms with van der Waals surface area (Å²) in [6.45, 7) is 8.99. The predicted molar refractivity (Wildman–Crippen MR) is 114 cm³/mol. The number of rotatable bonds is 10. The first kappa shape index (κ1) is 20.3. The molecule has 5 heteroatoms. The van der Waals surface area contributed by atoms with Gasteiger partial charge in [0.2, 0.25) is 0 Å². The normalized spacial score (nSPS) is 12.1. The molecular formula is C20H30O2Si3. The Morgan fingerprint density at radius 2 is 0.920 bits per heavy atom. The Morgan fingerprint density at radius 1 is 0.600 bits per heavy atom. The summed E-state index contributed by atoms with van der Waals surface area (Å²) < 4.78 is 14.0. The van der Waals surface area contributed by atoms with E-state index in [1.165, 1.54) is 10.4 Å². The minimum absolute atomic E-state index is 0.882. The summed E-state index contributed by atoms with van der Waals surface area (Å²) in [6, 6.07) is 25.9. The molecule has 0 atom stereocenters. The van der Waals surface area contributed by atoms with Crippen LogP contribution in [0, 0.1) is 0 Å². The molecule has 0 saturated carbocycles. The van der Waals surface area contributed by atoms with E-state index in [0.29, 0.717) is 0 Å². The molecule has 0 spiro atoms. The zero-order valence-corrected chi connectivity index (χ0v) is 18.9. The molecule has 2 rings (SSSR count). The van der Waals surface area contributed by atoms with Gasteiger partial charge in [-0.1, -0.05) is 88.4 Å². The fourth-order valence-corrected chi connectivity index (χ4v) is 13.5. The lowest BCUT2D eigenvalue weighted by Gasteiger charge is -2.37. The fourth-order valence-electron chi connectivity index (χ4n) is 2.93. The molecule has 0 unspecified atom stereocenters. The molecule has 2 nitrogen and oxygen atoms in total. The average Bonchev–Trinajstić information content (AvgIpc) is 2.70. The summed E-state index contributed by atoms with van der Waals surface area (Å²) in [6.07, 6.45) is 0. The van der Waals surface area contributed by atoms with Crippen molar-refractivity contribution >= 4 is 37.0 Å². The summed E-state index contributed by atoms with van der Waals surface area (Å²) >= 11 is 0. The van der Waals surface area contributed by atoms with Gasteiger partial charge in [-0.2, -0.15) is 0 Å². The first-order valence-electron chi connectivity index (χ1n) is 9.38. The van der Waals surface area contributed by atoms with Crippen molar-refractivity contribution in [3.05, 3.63) is 60.7 Å². The zero-order chi connectivity index (χ0) is 18.1. The van der Waals surface area contributed by atoms with Gasteiger partial charge in [0.15, 0.2) is 18.1 Å². The minimum atomic E-state index is -2.67. The third kappa shape index (κ3) is 5.01. The van der Waals surface area contributed by atoms with Crippen LogP contribution in [0.25, 0.3) is 0 Å². The van der Waals surface area contributed by atoms with Crippen LogP contribution in [-0.2, 0) is 8.23 Å². The van der Waals surface area contributed by atoms with Gasteiger partial charge in [-0.3, -0.25) is 0 Å². The number of hydrogen-bond donors (Lipinski definition) is 0. The van der Waals surface area contributed by atoms with Gasteiger partial charge in [0, 0.05) is 0 Å². The SMILES string of the molecule is CC[Si](CC)O[Si](O[Si](CC)CC)(c1ccccc1)c1ccccc1. The van der Waals surface area contributed by atoms with Crippen molar-refractivity contribution in [2.75, 3.05) is 0 Å². The Morgan fingerprint density at radius 3 is 1.20 bits per heavy atom. The van der Waals surface area contributed by atoms with Crippen LogP contribution in [0.5, 0.6) is 0 Å². The molecule has 0 saturated heterocycles. The van der Waals surface area contributed by atoms with Crippen molar-refractivity contribution in [3.63, 3.8) is 0 Å². The molecule has 2 radical (unpaired) electrons. The summed E-state index contributed by atoms with van der Waals surface area (Å²) in [5.74, 6) is 0. The quantitative estimate of drug-likeness (QED) is 0.566. The number of benzene rings is 2. The van der Waals surface area contributed by atoms with Gasteiger partial charge >= 0.3 is 8.56 Å². The molecule has 0 bridgehead atoms. The van der Waals surface area contributed by atoms with E-state index in [4.69, 9.17) is 8.23 Å². The first-order chi connectivity index (χ1) is 12.2. The Bertz CT molecular complexity index is 543. The first-order valence-corrected chi connectivity index (χ1v) is 14.8. The van der Waals surface area contributed by atoms with Crippen LogP contribution >= 0.6 is 0 Å². The van der Waals surface area contributed by atoms with E-state index in [9.17, 15) is 0 Å². The highest BCUT2D eigenvalue weighted by Gasteiger charge is 2.45. The Kier molecular flexibility index (Phi) is 8.32. The van der Waals surface area contributed by atoms with Crippen molar-refractivity contribution in [1.82, 2.24) is 0 Å². The maximum Gasteiger partial charge on any atom is 0.386 e. The average molecular weight is 387 g/mol. The maximum absolute atomic E-state index is 6.99. The number of hydrogen-bond acceptors (Lipinski definition) is 2. The van der Waals surface area contributed by atoms with Gasteiger partial charge in [-0.15, -0.1) is 0 Å². The van der Waals surface area contributed by atoms with E-state index < -0.39 is 26.6 Å². The highest BCUT2D eigenvalue weighted by molar-refractivity contribution is 6.99. The fraction of sp³-hybridized carbons (Fsp3) is 0.400. The van der Waals surface area contributed by atoms with E-state index in [2.05, 4.69) is 88.4 Å². The molecule has 0 aliphatic carbocycles. The lowest BCUT2D eigenvalue weighted by molar-refractivity contribution is 0.423. The van der Waals surface area contributed by atoms with Crippen molar-refractivity contribution in [2.24, 2.45) is 0 Å².